The number of fused-ring (bicyclic) bond motifs is 1. The maximum Gasteiger partial charge on any atom is 0.267 e. The Bertz CT molecular complexity index is 732. The maximum atomic E-state index is 12.0. The molecular weight excluding hydrogens is 258 g/mol. The van der Waals surface area contributed by atoms with Crippen LogP contribution in [-0.4, -0.2) is 27.6 Å². The van der Waals surface area contributed by atoms with Crippen molar-refractivity contribution in [3.8, 4) is 0 Å². The van der Waals surface area contributed by atoms with Crippen molar-refractivity contribution in [3.05, 3.63) is 42.2 Å². The van der Waals surface area contributed by atoms with Gasteiger partial charge >= 0.3 is 0 Å². The molecule has 0 unspecified atom stereocenters. The van der Waals surface area contributed by atoms with Gasteiger partial charge in [-0.05, 0) is 24.3 Å². The van der Waals surface area contributed by atoms with Crippen LogP contribution in [0, 0.1) is 0 Å². The number of aromatic nitrogens is 3. The van der Waals surface area contributed by atoms with Gasteiger partial charge < -0.3 is 20.6 Å². The number of H-pyrrole nitrogens is 1. The third-order valence-electron chi connectivity index (χ3n) is 2.92. The van der Waals surface area contributed by atoms with Gasteiger partial charge in [-0.2, -0.15) is 4.98 Å². The van der Waals surface area contributed by atoms with E-state index in [1.165, 1.54) is 6.33 Å². The number of hydrogen-bond acceptors (Lipinski definition) is 5. The second-order valence-electron chi connectivity index (χ2n) is 4.37. The highest BCUT2D eigenvalue weighted by atomic mass is 16.5. The summed E-state index contributed by atoms with van der Waals surface area (Å²) in [5, 5.41) is 7.19. The van der Waals surface area contributed by atoms with Gasteiger partial charge in [0.25, 0.3) is 5.91 Å². The lowest BCUT2D eigenvalue weighted by atomic mass is 10.2. The van der Waals surface area contributed by atoms with Crippen molar-refractivity contribution in [2.45, 2.75) is 6.42 Å². The van der Waals surface area contributed by atoms with Crippen LogP contribution in [0.4, 0.5) is 5.69 Å². The van der Waals surface area contributed by atoms with Crippen LogP contribution in [-0.2, 0) is 6.42 Å². The summed E-state index contributed by atoms with van der Waals surface area (Å²) in [6, 6.07) is 7.23. The first-order valence-corrected chi connectivity index (χ1v) is 6.14. The molecule has 102 valence electrons. The highest BCUT2D eigenvalue weighted by Gasteiger charge is 2.09. The summed E-state index contributed by atoms with van der Waals surface area (Å²) in [6.07, 6.45) is 1.83. The minimum atomic E-state index is -0.181. The SMILES string of the molecule is Nc1ccc2[nH]c(C(=O)NCCc3ncno3)cc2c1. The number of nitrogens with two attached hydrogens (primary N) is 1. The number of amides is 1. The molecule has 0 spiro atoms. The fourth-order valence-electron chi connectivity index (χ4n) is 1.96. The topological polar surface area (TPSA) is 110 Å². The zero-order chi connectivity index (χ0) is 13.9. The molecule has 0 fully saturated rings. The molecule has 7 nitrogen and oxygen atoms in total. The summed E-state index contributed by atoms with van der Waals surface area (Å²) in [5.41, 5.74) is 7.75. The number of benzene rings is 1. The van der Waals surface area contributed by atoms with E-state index in [0.717, 1.165) is 10.9 Å². The van der Waals surface area contributed by atoms with Crippen molar-refractivity contribution >= 4 is 22.5 Å². The Balaban J connectivity index is 1.66. The summed E-state index contributed by atoms with van der Waals surface area (Å²) in [4.78, 5) is 18.9. The lowest BCUT2D eigenvalue weighted by Gasteiger charge is -2.00. The van der Waals surface area contributed by atoms with Crippen LogP contribution in [0.2, 0.25) is 0 Å². The molecule has 1 amide bonds. The zero-order valence-electron chi connectivity index (χ0n) is 10.6. The van der Waals surface area contributed by atoms with Crippen molar-refractivity contribution in [1.82, 2.24) is 20.4 Å². The highest BCUT2D eigenvalue weighted by Crippen LogP contribution is 2.18. The molecule has 4 N–H and O–H groups in total. The standard InChI is InChI=1S/C13H13N5O2/c14-9-1-2-10-8(5-9)6-11(18-10)13(19)15-4-3-12-16-7-17-20-12/h1-2,5-7,18H,3-4,14H2,(H,15,19). The summed E-state index contributed by atoms with van der Waals surface area (Å²) in [7, 11) is 0. The highest BCUT2D eigenvalue weighted by molar-refractivity contribution is 5.98. The van der Waals surface area contributed by atoms with Crippen molar-refractivity contribution in [2.75, 3.05) is 12.3 Å². The first kappa shape index (κ1) is 12.2. The minimum absolute atomic E-state index is 0.181. The average Bonchev–Trinajstić information content (AvgIpc) is 3.06. The molecule has 0 atom stereocenters. The summed E-state index contributed by atoms with van der Waals surface area (Å²) in [6.45, 7) is 0.429. The van der Waals surface area contributed by atoms with Crippen LogP contribution in [0.15, 0.2) is 35.1 Å². The molecule has 0 saturated carbocycles. The predicted octanol–water partition coefficient (Wildman–Crippen LogP) is 1.11. The second-order valence-corrected chi connectivity index (χ2v) is 4.37. The largest absolute Gasteiger partial charge is 0.399 e. The van der Waals surface area contributed by atoms with Crippen molar-refractivity contribution in [3.63, 3.8) is 0 Å². The van der Waals surface area contributed by atoms with Gasteiger partial charge in [0.15, 0.2) is 6.33 Å². The molecule has 7 heteroatoms. The second kappa shape index (κ2) is 5.04. The van der Waals surface area contributed by atoms with Gasteiger partial charge in [-0.15, -0.1) is 0 Å². The fraction of sp³-hybridized carbons (Fsp3) is 0.154. The summed E-state index contributed by atoms with van der Waals surface area (Å²) in [5.74, 6) is 0.314. The van der Waals surface area contributed by atoms with Gasteiger partial charge in [0.1, 0.15) is 5.69 Å². The number of nitrogens with zero attached hydrogens (tertiary/aromatic N) is 2. The summed E-state index contributed by atoms with van der Waals surface area (Å²) >= 11 is 0. The molecule has 0 aliphatic rings. The number of carbonyl (C=O) groups is 1. The third kappa shape index (κ3) is 2.46. The van der Waals surface area contributed by atoms with E-state index >= 15 is 0 Å². The van der Waals surface area contributed by atoms with Gasteiger partial charge in [0.05, 0.1) is 0 Å². The van der Waals surface area contributed by atoms with Gasteiger partial charge in [0.2, 0.25) is 5.89 Å². The molecule has 0 aliphatic carbocycles. The smallest absolute Gasteiger partial charge is 0.267 e. The third-order valence-corrected chi connectivity index (χ3v) is 2.92. The zero-order valence-corrected chi connectivity index (χ0v) is 10.6. The van der Waals surface area contributed by atoms with Crippen LogP contribution in [0.1, 0.15) is 16.4 Å². The Kier molecular flexibility index (Phi) is 3.08. The van der Waals surface area contributed by atoms with E-state index in [2.05, 4.69) is 20.4 Å². The van der Waals surface area contributed by atoms with E-state index in [1.54, 1.807) is 12.1 Å². The summed E-state index contributed by atoms with van der Waals surface area (Å²) < 4.78 is 4.85. The van der Waals surface area contributed by atoms with Gasteiger partial charge in [-0.1, -0.05) is 5.16 Å². The molecule has 0 aliphatic heterocycles. The molecular formula is C13H13N5O2. The van der Waals surface area contributed by atoms with E-state index in [-0.39, 0.29) is 5.91 Å². The number of anilines is 1. The van der Waals surface area contributed by atoms with E-state index in [4.69, 9.17) is 10.3 Å². The molecule has 1 aromatic carbocycles. The normalized spacial score (nSPS) is 10.8. The lowest BCUT2D eigenvalue weighted by Crippen LogP contribution is -2.26. The van der Waals surface area contributed by atoms with Crippen LogP contribution in [0.25, 0.3) is 10.9 Å². The molecule has 20 heavy (non-hydrogen) atoms. The Hall–Kier alpha value is -2.83. The lowest BCUT2D eigenvalue weighted by molar-refractivity contribution is 0.0949. The Morgan fingerprint density at radius 2 is 2.30 bits per heavy atom. The van der Waals surface area contributed by atoms with Crippen LogP contribution in [0.3, 0.4) is 0 Å². The van der Waals surface area contributed by atoms with Gasteiger partial charge in [-0.3, -0.25) is 4.79 Å². The molecule has 3 rings (SSSR count). The Morgan fingerprint density at radius 1 is 1.40 bits per heavy atom. The number of nitrogen functional groups attached to an aromatic ring is 1. The van der Waals surface area contributed by atoms with Crippen LogP contribution >= 0.6 is 0 Å². The quantitative estimate of drug-likeness (QED) is 0.615. The van der Waals surface area contributed by atoms with Crippen molar-refractivity contribution in [1.29, 1.82) is 0 Å². The molecule has 0 bridgehead atoms. The number of carbonyl (C=O) groups excluding carboxylic acids is 1. The first-order chi connectivity index (χ1) is 9.72. The fourth-order valence-corrected chi connectivity index (χ4v) is 1.96. The van der Waals surface area contributed by atoms with Crippen LogP contribution < -0.4 is 11.1 Å². The van der Waals surface area contributed by atoms with Crippen molar-refractivity contribution in [2.24, 2.45) is 0 Å². The minimum Gasteiger partial charge on any atom is -0.399 e. The van der Waals surface area contributed by atoms with Gasteiger partial charge in [-0.25, -0.2) is 0 Å². The maximum absolute atomic E-state index is 12.0. The van der Waals surface area contributed by atoms with Gasteiger partial charge in [0, 0.05) is 29.6 Å². The first-order valence-electron chi connectivity index (χ1n) is 6.14. The monoisotopic (exact) mass is 271 g/mol. The van der Waals surface area contributed by atoms with Crippen LogP contribution in [0.5, 0.6) is 0 Å². The molecule has 0 saturated heterocycles. The molecule has 3 aromatic rings. The number of rotatable bonds is 4. The number of nitrogens with one attached hydrogen (secondary N) is 2. The molecule has 2 aromatic heterocycles. The average molecular weight is 271 g/mol. The van der Waals surface area contributed by atoms with E-state index < -0.39 is 0 Å². The number of aromatic amines is 1. The van der Waals surface area contributed by atoms with Crippen molar-refractivity contribution < 1.29 is 9.32 Å². The Morgan fingerprint density at radius 3 is 3.10 bits per heavy atom. The predicted molar refractivity (Wildman–Crippen MR) is 73.0 cm³/mol. The van der Waals surface area contributed by atoms with E-state index in [9.17, 15) is 4.79 Å². The van der Waals surface area contributed by atoms with E-state index in [1.807, 2.05) is 12.1 Å². The molecule has 2 heterocycles. The Labute approximate surface area is 114 Å². The number of hydrogen-bond donors (Lipinski definition) is 3. The molecule has 0 radical (unpaired) electrons. The van der Waals surface area contributed by atoms with E-state index in [0.29, 0.717) is 30.2 Å².